The first kappa shape index (κ1) is 19.3. The third kappa shape index (κ3) is 8.26. The molecule has 0 aromatic heterocycles. The fourth-order valence-corrected chi connectivity index (χ4v) is 1.52. The maximum absolute atomic E-state index is 11.6. The van der Waals surface area contributed by atoms with E-state index < -0.39 is 29.9 Å². The van der Waals surface area contributed by atoms with Crippen molar-refractivity contribution in [2.24, 2.45) is 11.7 Å². The number of carbonyl (C=O) groups excluding carboxylic acids is 2. The number of nitrogens with one attached hydrogen (secondary N) is 2. The molecule has 2 amide bonds. The number of hydrogen-bond donors (Lipinski definition) is 4. The van der Waals surface area contributed by atoms with Crippen molar-refractivity contribution in [2.75, 3.05) is 20.3 Å². The molecular formula is C13H25N3O5. The fraction of sp³-hybridized carbons (Fsp3) is 0.769. The first-order chi connectivity index (χ1) is 9.79. The highest BCUT2D eigenvalue weighted by atomic mass is 16.5. The van der Waals surface area contributed by atoms with Crippen LogP contribution in [0.3, 0.4) is 0 Å². The summed E-state index contributed by atoms with van der Waals surface area (Å²) in [5.41, 5.74) is 5.62. The van der Waals surface area contributed by atoms with Crippen molar-refractivity contribution in [3.63, 3.8) is 0 Å². The van der Waals surface area contributed by atoms with Crippen LogP contribution in [0.5, 0.6) is 0 Å². The number of methoxy groups -OCH3 is 1. The van der Waals surface area contributed by atoms with Crippen LogP contribution in [0, 0.1) is 5.92 Å². The van der Waals surface area contributed by atoms with E-state index >= 15 is 0 Å². The largest absolute Gasteiger partial charge is 0.480 e. The SMILES string of the molecule is COCCCC(NC(=O)CNC(=O)[C@@H](N)C(C)C)C(=O)O. The van der Waals surface area contributed by atoms with E-state index in [1.165, 1.54) is 7.11 Å². The van der Waals surface area contributed by atoms with Gasteiger partial charge in [-0.2, -0.15) is 0 Å². The van der Waals surface area contributed by atoms with E-state index in [2.05, 4.69) is 10.6 Å². The topological polar surface area (TPSA) is 131 Å². The van der Waals surface area contributed by atoms with Gasteiger partial charge in [0, 0.05) is 13.7 Å². The minimum atomic E-state index is -1.12. The van der Waals surface area contributed by atoms with Gasteiger partial charge in [0.2, 0.25) is 11.8 Å². The first-order valence-electron chi connectivity index (χ1n) is 6.84. The molecule has 0 aromatic rings. The van der Waals surface area contributed by atoms with Gasteiger partial charge in [0.1, 0.15) is 6.04 Å². The van der Waals surface area contributed by atoms with Crippen molar-refractivity contribution in [3.8, 4) is 0 Å². The van der Waals surface area contributed by atoms with Crippen LogP contribution in [0.15, 0.2) is 0 Å². The lowest BCUT2D eigenvalue weighted by atomic mass is 10.1. The van der Waals surface area contributed by atoms with Crippen LogP contribution >= 0.6 is 0 Å². The summed E-state index contributed by atoms with van der Waals surface area (Å²) in [6.45, 7) is 3.70. The molecule has 8 heteroatoms. The molecule has 21 heavy (non-hydrogen) atoms. The molecule has 2 atom stereocenters. The second kappa shape index (κ2) is 10.1. The van der Waals surface area contributed by atoms with E-state index in [4.69, 9.17) is 15.6 Å². The zero-order chi connectivity index (χ0) is 16.4. The molecule has 1 unspecified atom stereocenters. The monoisotopic (exact) mass is 303 g/mol. The highest BCUT2D eigenvalue weighted by Gasteiger charge is 2.21. The molecule has 0 spiro atoms. The molecule has 0 bridgehead atoms. The number of amides is 2. The smallest absolute Gasteiger partial charge is 0.326 e. The molecule has 0 aliphatic carbocycles. The van der Waals surface area contributed by atoms with Crippen LogP contribution in [0.1, 0.15) is 26.7 Å². The molecule has 122 valence electrons. The Balaban J connectivity index is 4.20. The number of hydrogen-bond acceptors (Lipinski definition) is 5. The third-order valence-electron chi connectivity index (χ3n) is 2.92. The average Bonchev–Trinajstić information content (AvgIpc) is 2.42. The van der Waals surface area contributed by atoms with E-state index in [0.717, 1.165) is 0 Å². The first-order valence-corrected chi connectivity index (χ1v) is 6.84. The average molecular weight is 303 g/mol. The van der Waals surface area contributed by atoms with Crippen LogP contribution in [-0.2, 0) is 19.1 Å². The fourth-order valence-electron chi connectivity index (χ4n) is 1.52. The Bertz CT molecular complexity index is 360. The van der Waals surface area contributed by atoms with E-state index in [1.807, 2.05) is 0 Å². The predicted molar refractivity (Wildman–Crippen MR) is 76.5 cm³/mol. The number of rotatable bonds is 10. The van der Waals surface area contributed by atoms with Crippen LogP contribution in [0.2, 0.25) is 0 Å². The number of ether oxygens (including phenoxy) is 1. The van der Waals surface area contributed by atoms with Crippen LogP contribution in [0.25, 0.3) is 0 Å². The highest BCUT2D eigenvalue weighted by molar-refractivity contribution is 5.89. The molecule has 5 N–H and O–H groups in total. The molecule has 0 fully saturated rings. The summed E-state index contributed by atoms with van der Waals surface area (Å²) < 4.78 is 4.83. The number of carboxylic acids is 1. The maximum Gasteiger partial charge on any atom is 0.326 e. The van der Waals surface area contributed by atoms with Gasteiger partial charge in [-0.15, -0.1) is 0 Å². The zero-order valence-corrected chi connectivity index (χ0v) is 12.7. The van der Waals surface area contributed by atoms with Gasteiger partial charge in [-0.1, -0.05) is 13.8 Å². The highest BCUT2D eigenvalue weighted by Crippen LogP contribution is 1.99. The van der Waals surface area contributed by atoms with Gasteiger partial charge in [-0.05, 0) is 18.8 Å². The van der Waals surface area contributed by atoms with Gasteiger partial charge in [0.15, 0.2) is 0 Å². The van der Waals surface area contributed by atoms with Gasteiger partial charge >= 0.3 is 5.97 Å². The second-order valence-corrected chi connectivity index (χ2v) is 5.08. The third-order valence-corrected chi connectivity index (χ3v) is 2.92. The van der Waals surface area contributed by atoms with Crippen LogP contribution in [0.4, 0.5) is 0 Å². The molecule has 0 aliphatic heterocycles. The Morgan fingerprint density at radius 3 is 2.38 bits per heavy atom. The van der Waals surface area contributed by atoms with Crippen molar-refractivity contribution >= 4 is 17.8 Å². The van der Waals surface area contributed by atoms with Gasteiger partial charge in [0.25, 0.3) is 0 Å². The van der Waals surface area contributed by atoms with Crippen molar-refractivity contribution < 1.29 is 24.2 Å². The number of carbonyl (C=O) groups is 3. The molecule has 0 saturated carbocycles. The Kier molecular flexibility index (Phi) is 9.31. The molecule has 0 radical (unpaired) electrons. The second-order valence-electron chi connectivity index (χ2n) is 5.08. The molecule has 0 saturated heterocycles. The molecule has 0 aromatic carbocycles. The van der Waals surface area contributed by atoms with Crippen molar-refractivity contribution in [1.29, 1.82) is 0 Å². The summed E-state index contributed by atoms with van der Waals surface area (Å²) in [5, 5.41) is 13.7. The molecule has 0 rings (SSSR count). The maximum atomic E-state index is 11.6. The quantitative estimate of drug-likeness (QED) is 0.386. The summed E-state index contributed by atoms with van der Waals surface area (Å²) >= 11 is 0. The van der Waals surface area contributed by atoms with Gasteiger partial charge in [-0.25, -0.2) is 4.79 Å². The minimum absolute atomic E-state index is 0.0473. The Morgan fingerprint density at radius 2 is 1.90 bits per heavy atom. The normalized spacial score (nSPS) is 13.6. The lowest BCUT2D eigenvalue weighted by molar-refractivity contribution is -0.142. The van der Waals surface area contributed by atoms with Crippen LogP contribution < -0.4 is 16.4 Å². The van der Waals surface area contributed by atoms with Crippen LogP contribution in [-0.4, -0.2) is 55.2 Å². The number of nitrogens with two attached hydrogens (primary N) is 1. The predicted octanol–water partition coefficient (Wildman–Crippen LogP) is -0.918. The standard InChI is InChI=1S/C13H25N3O5/c1-8(2)11(14)12(18)15-7-10(17)16-9(13(19)20)5-4-6-21-3/h8-9,11H,4-7,14H2,1-3H3,(H,15,18)(H,16,17)(H,19,20)/t9?,11-/m0/s1. The summed E-state index contributed by atoms with van der Waals surface area (Å²) in [7, 11) is 1.52. The lowest BCUT2D eigenvalue weighted by Gasteiger charge is -2.17. The van der Waals surface area contributed by atoms with E-state index in [1.54, 1.807) is 13.8 Å². The Labute approximate surface area is 124 Å². The van der Waals surface area contributed by atoms with Gasteiger partial charge in [-0.3, -0.25) is 9.59 Å². The van der Waals surface area contributed by atoms with Gasteiger partial charge < -0.3 is 26.2 Å². The van der Waals surface area contributed by atoms with E-state index in [-0.39, 0.29) is 18.9 Å². The van der Waals surface area contributed by atoms with Crippen molar-refractivity contribution in [2.45, 2.75) is 38.8 Å². The van der Waals surface area contributed by atoms with E-state index in [0.29, 0.717) is 13.0 Å². The Hall–Kier alpha value is -1.67. The summed E-state index contributed by atoms with van der Waals surface area (Å²) in [6.07, 6.45) is 0.771. The lowest BCUT2D eigenvalue weighted by Crippen LogP contribution is -2.49. The Morgan fingerprint density at radius 1 is 1.29 bits per heavy atom. The molecule has 0 aliphatic rings. The molecule has 8 nitrogen and oxygen atoms in total. The van der Waals surface area contributed by atoms with Crippen molar-refractivity contribution in [3.05, 3.63) is 0 Å². The molecule has 0 heterocycles. The number of carboxylic acid groups (broad SMARTS) is 1. The zero-order valence-electron chi connectivity index (χ0n) is 12.7. The summed E-state index contributed by atoms with van der Waals surface area (Å²) in [5.74, 6) is -2.17. The van der Waals surface area contributed by atoms with Crippen molar-refractivity contribution in [1.82, 2.24) is 10.6 Å². The van der Waals surface area contributed by atoms with E-state index in [9.17, 15) is 14.4 Å². The minimum Gasteiger partial charge on any atom is -0.480 e. The summed E-state index contributed by atoms with van der Waals surface area (Å²) in [4.78, 5) is 34.2. The van der Waals surface area contributed by atoms with Gasteiger partial charge in [0.05, 0.1) is 12.6 Å². The number of aliphatic carboxylic acids is 1. The summed E-state index contributed by atoms with van der Waals surface area (Å²) in [6, 6.07) is -1.70. The molecular weight excluding hydrogens is 278 g/mol.